The maximum Gasteiger partial charge on any atom is 0.280 e. The summed E-state index contributed by atoms with van der Waals surface area (Å²) < 4.78 is 36.0. The van der Waals surface area contributed by atoms with E-state index in [1.54, 1.807) is 6.92 Å². The van der Waals surface area contributed by atoms with Crippen LogP contribution in [0.5, 0.6) is 5.88 Å². The number of fused-ring (bicyclic) bond motifs is 1. The van der Waals surface area contributed by atoms with Crippen molar-refractivity contribution in [3.8, 4) is 5.88 Å². The quantitative estimate of drug-likeness (QED) is 0.472. The summed E-state index contributed by atoms with van der Waals surface area (Å²) in [5, 5.41) is 0.598. The van der Waals surface area contributed by atoms with Crippen molar-refractivity contribution < 1.29 is 27.5 Å². The van der Waals surface area contributed by atoms with Gasteiger partial charge in [0.1, 0.15) is 11.4 Å². The third-order valence-electron chi connectivity index (χ3n) is 4.64. The predicted octanol–water partition coefficient (Wildman–Crippen LogP) is 1.48. The van der Waals surface area contributed by atoms with Crippen LogP contribution in [0.25, 0.3) is 10.2 Å². The highest BCUT2D eigenvalue weighted by Gasteiger charge is 2.22. The number of nitrogens with zero attached hydrogens (tertiary/aromatic N) is 3. The van der Waals surface area contributed by atoms with E-state index in [0.29, 0.717) is 32.4 Å². The van der Waals surface area contributed by atoms with Crippen molar-refractivity contribution >= 4 is 43.4 Å². The summed E-state index contributed by atoms with van der Waals surface area (Å²) in [7, 11) is 2.08. The van der Waals surface area contributed by atoms with Crippen LogP contribution in [0.4, 0.5) is 0 Å². The molecule has 1 aromatic carbocycles. The molecule has 2 amide bonds. The van der Waals surface area contributed by atoms with Gasteiger partial charge in [-0.3, -0.25) is 20.4 Å². The summed E-state index contributed by atoms with van der Waals surface area (Å²) in [4.78, 5) is 34.8. The fourth-order valence-electron chi connectivity index (χ4n) is 2.95. The second-order valence-corrected chi connectivity index (χ2v) is 10.2. The molecule has 0 atom stereocenters. The zero-order valence-electron chi connectivity index (χ0n) is 18.6. The normalized spacial score (nSPS) is 11.6. The van der Waals surface area contributed by atoms with Gasteiger partial charge in [-0.15, -0.1) is 11.3 Å². The first-order valence-electron chi connectivity index (χ1n) is 9.56. The van der Waals surface area contributed by atoms with Crippen LogP contribution >= 0.6 is 11.3 Å². The van der Waals surface area contributed by atoms with Crippen molar-refractivity contribution in [1.82, 2.24) is 25.1 Å². The molecule has 0 aliphatic carbocycles. The molecule has 0 saturated heterocycles. The van der Waals surface area contributed by atoms with Crippen molar-refractivity contribution in [2.75, 3.05) is 28.3 Å². The lowest BCUT2D eigenvalue weighted by molar-refractivity contribution is 0.0848. The molecule has 2 heterocycles. The van der Waals surface area contributed by atoms with E-state index in [-0.39, 0.29) is 17.1 Å². The van der Waals surface area contributed by atoms with Gasteiger partial charge in [0, 0.05) is 26.8 Å². The van der Waals surface area contributed by atoms with E-state index in [4.69, 9.17) is 9.47 Å². The van der Waals surface area contributed by atoms with Crippen LogP contribution in [0.15, 0.2) is 29.2 Å². The molecule has 0 radical (unpaired) electrons. The average Bonchev–Trinajstić information content (AvgIpc) is 3.13. The number of aromatic nitrogens is 2. The van der Waals surface area contributed by atoms with Gasteiger partial charge in [-0.25, -0.2) is 17.7 Å². The number of ether oxygens (including phenoxy) is 2. The Morgan fingerprint density at radius 3 is 2.45 bits per heavy atom. The Labute approximate surface area is 194 Å². The molecule has 176 valence electrons. The number of benzene rings is 1. The summed E-state index contributed by atoms with van der Waals surface area (Å²) in [6, 6.07) is 5.52. The van der Waals surface area contributed by atoms with E-state index in [9.17, 15) is 18.0 Å². The summed E-state index contributed by atoms with van der Waals surface area (Å²) >= 11 is 1.12. The Morgan fingerprint density at radius 2 is 1.82 bits per heavy atom. The Morgan fingerprint density at radius 1 is 1.12 bits per heavy atom. The van der Waals surface area contributed by atoms with E-state index in [0.717, 1.165) is 15.6 Å². The zero-order valence-corrected chi connectivity index (χ0v) is 20.3. The molecule has 3 aromatic rings. The zero-order chi connectivity index (χ0) is 24.3. The van der Waals surface area contributed by atoms with Gasteiger partial charge in [0.05, 0.1) is 22.3 Å². The van der Waals surface area contributed by atoms with Gasteiger partial charge in [-0.05, 0) is 30.7 Å². The third-order valence-corrected chi connectivity index (χ3v) is 7.64. The van der Waals surface area contributed by atoms with E-state index in [2.05, 4.69) is 20.8 Å². The van der Waals surface area contributed by atoms with Crippen LogP contribution in [-0.4, -0.2) is 62.8 Å². The average molecular weight is 494 g/mol. The lowest BCUT2D eigenvalue weighted by Gasteiger charge is -2.12. The van der Waals surface area contributed by atoms with Gasteiger partial charge in [0.25, 0.3) is 11.8 Å². The molecule has 0 spiro atoms. The number of carbonyl (C=O) groups is 2. The molecule has 0 saturated carbocycles. The Hall–Kier alpha value is -3.13. The first kappa shape index (κ1) is 24.5. The van der Waals surface area contributed by atoms with E-state index < -0.39 is 21.8 Å². The van der Waals surface area contributed by atoms with Gasteiger partial charge in [-0.2, -0.15) is 4.98 Å². The van der Waals surface area contributed by atoms with Crippen molar-refractivity contribution in [2.24, 2.45) is 0 Å². The van der Waals surface area contributed by atoms with Crippen molar-refractivity contribution in [3.05, 3.63) is 46.1 Å². The number of aryl methyl sites for hydroxylation is 1. The minimum absolute atomic E-state index is 0.0376. The second kappa shape index (κ2) is 9.79. The Bertz CT molecular complexity index is 1320. The number of nitrogens with one attached hydrogen (secondary N) is 2. The molecule has 0 fully saturated rings. The number of rotatable bonds is 7. The minimum atomic E-state index is -3.71. The van der Waals surface area contributed by atoms with E-state index >= 15 is 0 Å². The molecule has 2 N–H and O–H groups in total. The van der Waals surface area contributed by atoms with E-state index in [1.807, 2.05) is 0 Å². The van der Waals surface area contributed by atoms with Gasteiger partial charge < -0.3 is 9.47 Å². The van der Waals surface area contributed by atoms with Gasteiger partial charge >= 0.3 is 0 Å². The lowest BCUT2D eigenvalue weighted by atomic mass is 10.2. The highest BCUT2D eigenvalue weighted by molar-refractivity contribution is 7.89. The standard InChI is InChI=1S/C20H23N5O6S2/c1-11-15-19(31-5)21-14(10-30-4)22-20(15)32-16(11)18(27)24-23-17(26)12-7-6-8-13(9-12)33(28,29)25(2)3/h6-9H,10H2,1-5H3,(H,23,26)(H,24,27). The fourth-order valence-corrected chi connectivity index (χ4v) is 4.99. The lowest BCUT2D eigenvalue weighted by Crippen LogP contribution is -2.41. The molecule has 0 bridgehead atoms. The molecule has 3 rings (SSSR count). The molecule has 2 aromatic heterocycles. The molecular weight excluding hydrogens is 470 g/mol. The van der Waals surface area contributed by atoms with Crippen LogP contribution in [-0.2, 0) is 21.4 Å². The van der Waals surface area contributed by atoms with Crippen molar-refractivity contribution in [1.29, 1.82) is 0 Å². The van der Waals surface area contributed by atoms with Crippen molar-refractivity contribution in [2.45, 2.75) is 18.4 Å². The SMILES string of the molecule is COCc1nc(OC)c2c(C)c(C(=O)NNC(=O)c3cccc(S(=O)(=O)N(C)C)c3)sc2n1. The fraction of sp³-hybridized carbons (Fsp3) is 0.300. The molecule has 0 unspecified atom stereocenters. The summed E-state index contributed by atoms with van der Waals surface area (Å²) in [5.74, 6) is -0.493. The number of sulfonamides is 1. The topological polar surface area (TPSA) is 140 Å². The third kappa shape index (κ3) is 4.95. The molecule has 0 aliphatic heterocycles. The van der Waals surface area contributed by atoms with Crippen molar-refractivity contribution in [3.63, 3.8) is 0 Å². The Balaban J connectivity index is 1.81. The van der Waals surface area contributed by atoms with Gasteiger partial charge in [0.15, 0.2) is 5.82 Å². The molecule has 33 heavy (non-hydrogen) atoms. The van der Waals surface area contributed by atoms with Crippen LogP contribution in [0.2, 0.25) is 0 Å². The highest BCUT2D eigenvalue weighted by atomic mass is 32.2. The summed E-state index contributed by atoms with van der Waals surface area (Å²) in [6.07, 6.45) is 0. The first-order chi connectivity index (χ1) is 15.6. The van der Waals surface area contributed by atoms with Crippen LogP contribution in [0.3, 0.4) is 0 Å². The second-order valence-electron chi connectivity index (χ2n) is 7.04. The number of thiophene rings is 1. The molecule has 13 heteroatoms. The van der Waals surface area contributed by atoms with Crippen LogP contribution in [0, 0.1) is 6.92 Å². The summed E-state index contributed by atoms with van der Waals surface area (Å²) in [5.41, 5.74) is 5.34. The number of carbonyl (C=O) groups excluding carboxylic acids is 2. The maximum atomic E-state index is 12.8. The monoisotopic (exact) mass is 493 g/mol. The molecule has 0 aliphatic rings. The first-order valence-corrected chi connectivity index (χ1v) is 11.8. The van der Waals surface area contributed by atoms with Gasteiger partial charge in [-0.1, -0.05) is 6.07 Å². The number of methoxy groups -OCH3 is 2. The smallest absolute Gasteiger partial charge is 0.280 e. The Kier molecular flexibility index (Phi) is 7.27. The largest absolute Gasteiger partial charge is 0.480 e. The number of hydrazine groups is 1. The molecular formula is C20H23N5O6S2. The minimum Gasteiger partial charge on any atom is -0.480 e. The summed E-state index contributed by atoms with van der Waals surface area (Å²) in [6.45, 7) is 1.91. The molecule has 11 nitrogen and oxygen atoms in total. The maximum absolute atomic E-state index is 12.8. The number of hydrogen-bond donors (Lipinski definition) is 2. The van der Waals surface area contributed by atoms with Crippen LogP contribution < -0.4 is 15.6 Å². The van der Waals surface area contributed by atoms with Gasteiger partial charge in [0.2, 0.25) is 15.9 Å². The highest BCUT2D eigenvalue weighted by Crippen LogP contribution is 2.34. The number of hydrogen-bond acceptors (Lipinski definition) is 9. The number of amides is 2. The predicted molar refractivity (Wildman–Crippen MR) is 122 cm³/mol. The van der Waals surface area contributed by atoms with E-state index in [1.165, 1.54) is 52.6 Å². The van der Waals surface area contributed by atoms with Crippen LogP contribution in [0.1, 0.15) is 31.4 Å².